The average Bonchev–Trinajstić information content (AvgIpc) is 2.91. The van der Waals surface area contributed by atoms with Crippen LogP contribution in [0.3, 0.4) is 0 Å². The summed E-state index contributed by atoms with van der Waals surface area (Å²) >= 11 is 0. The van der Waals surface area contributed by atoms with Crippen molar-refractivity contribution >= 4 is 11.8 Å². The van der Waals surface area contributed by atoms with Crippen molar-refractivity contribution in [2.45, 2.75) is 50.7 Å². The predicted molar refractivity (Wildman–Crippen MR) is 69.4 cm³/mol. The first-order chi connectivity index (χ1) is 9.22. The zero-order valence-corrected chi connectivity index (χ0v) is 11.3. The maximum absolute atomic E-state index is 12.3. The number of hydrogen-bond acceptors (Lipinski definition) is 3. The predicted octanol–water partition coefficient (Wildman–Crippen LogP) is 0.683. The Morgan fingerprint density at radius 1 is 1.37 bits per heavy atom. The third-order valence-corrected chi connectivity index (χ3v) is 4.60. The van der Waals surface area contributed by atoms with Crippen LogP contribution >= 0.6 is 0 Å². The summed E-state index contributed by atoms with van der Waals surface area (Å²) < 4.78 is 5.53. The Bertz CT molecular complexity index is 366. The minimum Gasteiger partial charge on any atom is -0.378 e. The number of carbonyl (C=O) groups excluding carboxylic acids is 2. The molecule has 3 fully saturated rings. The number of likely N-dealkylation sites (tertiary alicyclic amines) is 1. The van der Waals surface area contributed by atoms with Gasteiger partial charge in [0.1, 0.15) is 0 Å². The Morgan fingerprint density at radius 3 is 3.05 bits per heavy atom. The minimum atomic E-state index is 0.135. The molecule has 0 spiro atoms. The largest absolute Gasteiger partial charge is 0.378 e. The van der Waals surface area contributed by atoms with Gasteiger partial charge in [-0.1, -0.05) is 0 Å². The molecule has 0 bridgehead atoms. The normalized spacial score (nSPS) is 34.8. The molecule has 0 aromatic rings. The van der Waals surface area contributed by atoms with Crippen LogP contribution in [-0.4, -0.2) is 48.6 Å². The fourth-order valence-corrected chi connectivity index (χ4v) is 3.47. The molecule has 3 atom stereocenters. The van der Waals surface area contributed by atoms with Crippen LogP contribution in [0.1, 0.15) is 38.5 Å². The molecule has 0 aromatic carbocycles. The van der Waals surface area contributed by atoms with Gasteiger partial charge in [-0.05, 0) is 31.6 Å². The fraction of sp³-hybridized carbons (Fsp3) is 0.857. The van der Waals surface area contributed by atoms with E-state index in [-0.39, 0.29) is 24.0 Å². The summed E-state index contributed by atoms with van der Waals surface area (Å²) in [5, 5.41) is 3.05. The van der Waals surface area contributed by atoms with Gasteiger partial charge in [-0.25, -0.2) is 0 Å². The minimum absolute atomic E-state index is 0.135. The summed E-state index contributed by atoms with van der Waals surface area (Å²) in [6.45, 7) is 2.37. The molecule has 3 heterocycles. The molecular weight excluding hydrogens is 244 g/mol. The lowest BCUT2D eigenvalue weighted by atomic mass is 9.85. The molecule has 0 aromatic heterocycles. The van der Waals surface area contributed by atoms with Crippen molar-refractivity contribution < 1.29 is 14.3 Å². The summed E-state index contributed by atoms with van der Waals surface area (Å²) in [6.07, 6.45) is 5.18. The maximum atomic E-state index is 12.3. The van der Waals surface area contributed by atoms with E-state index in [1.807, 2.05) is 4.90 Å². The lowest BCUT2D eigenvalue weighted by molar-refractivity contribution is -0.136. The smallest absolute Gasteiger partial charge is 0.225 e. The molecule has 106 valence electrons. The van der Waals surface area contributed by atoms with E-state index in [1.54, 1.807) is 0 Å². The molecule has 2 amide bonds. The monoisotopic (exact) mass is 266 g/mol. The van der Waals surface area contributed by atoms with E-state index < -0.39 is 0 Å². The number of rotatable bonds is 2. The topological polar surface area (TPSA) is 58.6 Å². The number of ether oxygens (including phenoxy) is 1. The van der Waals surface area contributed by atoms with Crippen LogP contribution in [0, 0.1) is 5.92 Å². The van der Waals surface area contributed by atoms with Crippen molar-refractivity contribution in [1.82, 2.24) is 10.2 Å². The standard InChI is InChI=1S/C14H22N2O3/c17-13-4-3-10-9-16(6-5-12(10)15-13)14(18)8-11-2-1-7-19-11/h10-12H,1-9H2,(H,15,17). The highest BCUT2D eigenvalue weighted by atomic mass is 16.5. The van der Waals surface area contributed by atoms with Crippen LogP contribution in [0.4, 0.5) is 0 Å². The van der Waals surface area contributed by atoms with Crippen LogP contribution < -0.4 is 5.32 Å². The van der Waals surface area contributed by atoms with E-state index in [2.05, 4.69) is 5.32 Å². The van der Waals surface area contributed by atoms with E-state index in [0.717, 1.165) is 45.4 Å². The molecule has 0 aliphatic carbocycles. The Hall–Kier alpha value is -1.10. The molecule has 3 unspecified atom stereocenters. The lowest BCUT2D eigenvalue weighted by Crippen LogP contribution is -2.55. The molecule has 3 aliphatic heterocycles. The van der Waals surface area contributed by atoms with Crippen LogP contribution in [0.5, 0.6) is 0 Å². The van der Waals surface area contributed by atoms with Gasteiger partial charge in [0.25, 0.3) is 0 Å². The summed E-state index contributed by atoms with van der Waals surface area (Å²) in [6, 6.07) is 0.285. The van der Waals surface area contributed by atoms with Crippen LogP contribution in [0.2, 0.25) is 0 Å². The molecule has 1 N–H and O–H groups in total. The van der Waals surface area contributed by atoms with Crippen molar-refractivity contribution in [3.05, 3.63) is 0 Å². The molecule has 19 heavy (non-hydrogen) atoms. The molecule has 5 nitrogen and oxygen atoms in total. The molecule has 0 saturated carbocycles. The van der Waals surface area contributed by atoms with Gasteiger partial charge >= 0.3 is 0 Å². The number of nitrogens with one attached hydrogen (secondary N) is 1. The number of nitrogens with zero attached hydrogens (tertiary/aromatic N) is 1. The van der Waals surface area contributed by atoms with Gasteiger partial charge in [0.2, 0.25) is 11.8 Å². The highest BCUT2D eigenvalue weighted by molar-refractivity contribution is 5.78. The molecular formula is C14H22N2O3. The number of piperidine rings is 2. The van der Waals surface area contributed by atoms with E-state index in [0.29, 0.717) is 18.8 Å². The van der Waals surface area contributed by atoms with Crippen molar-refractivity contribution in [2.75, 3.05) is 19.7 Å². The third-order valence-electron chi connectivity index (χ3n) is 4.60. The Balaban J connectivity index is 1.52. The lowest BCUT2D eigenvalue weighted by Gasteiger charge is -2.41. The average molecular weight is 266 g/mol. The van der Waals surface area contributed by atoms with Crippen LogP contribution in [0.25, 0.3) is 0 Å². The SMILES string of the molecule is O=C1CCC2CN(C(=O)CC3CCCO3)CCC2N1. The first-order valence-corrected chi connectivity index (χ1v) is 7.41. The Morgan fingerprint density at radius 2 is 2.26 bits per heavy atom. The van der Waals surface area contributed by atoms with Gasteiger partial charge in [0.15, 0.2) is 0 Å². The number of fused-ring (bicyclic) bond motifs is 1. The van der Waals surface area contributed by atoms with Gasteiger partial charge < -0.3 is 15.0 Å². The number of carbonyl (C=O) groups is 2. The Labute approximate surface area is 113 Å². The zero-order valence-electron chi connectivity index (χ0n) is 11.3. The van der Waals surface area contributed by atoms with Gasteiger partial charge in [-0.15, -0.1) is 0 Å². The summed E-state index contributed by atoms with van der Waals surface area (Å²) in [5.74, 6) is 0.836. The second-order valence-corrected chi connectivity index (χ2v) is 5.94. The van der Waals surface area contributed by atoms with Crippen LogP contribution in [-0.2, 0) is 14.3 Å². The molecule has 5 heteroatoms. The number of amides is 2. The summed E-state index contributed by atoms with van der Waals surface area (Å²) in [4.78, 5) is 25.6. The van der Waals surface area contributed by atoms with Crippen LogP contribution in [0.15, 0.2) is 0 Å². The second-order valence-electron chi connectivity index (χ2n) is 5.94. The number of hydrogen-bond donors (Lipinski definition) is 1. The van der Waals surface area contributed by atoms with Crippen molar-refractivity contribution in [3.8, 4) is 0 Å². The van der Waals surface area contributed by atoms with E-state index in [4.69, 9.17) is 4.74 Å². The van der Waals surface area contributed by atoms with E-state index >= 15 is 0 Å². The molecule has 0 radical (unpaired) electrons. The first kappa shape index (κ1) is 12.9. The summed E-state index contributed by atoms with van der Waals surface area (Å²) in [7, 11) is 0. The van der Waals surface area contributed by atoms with E-state index in [1.165, 1.54) is 0 Å². The summed E-state index contributed by atoms with van der Waals surface area (Å²) in [5.41, 5.74) is 0. The van der Waals surface area contributed by atoms with Gasteiger partial charge in [-0.3, -0.25) is 9.59 Å². The fourth-order valence-electron chi connectivity index (χ4n) is 3.47. The van der Waals surface area contributed by atoms with E-state index in [9.17, 15) is 9.59 Å². The first-order valence-electron chi connectivity index (χ1n) is 7.41. The second kappa shape index (κ2) is 5.49. The van der Waals surface area contributed by atoms with Crippen molar-refractivity contribution in [3.63, 3.8) is 0 Å². The molecule has 3 saturated heterocycles. The van der Waals surface area contributed by atoms with Gasteiger partial charge in [-0.2, -0.15) is 0 Å². The maximum Gasteiger partial charge on any atom is 0.225 e. The molecule has 3 aliphatic rings. The Kier molecular flexibility index (Phi) is 3.73. The highest BCUT2D eigenvalue weighted by Gasteiger charge is 2.35. The quantitative estimate of drug-likeness (QED) is 0.799. The van der Waals surface area contributed by atoms with Gasteiger partial charge in [0.05, 0.1) is 12.5 Å². The van der Waals surface area contributed by atoms with Crippen molar-refractivity contribution in [1.29, 1.82) is 0 Å². The van der Waals surface area contributed by atoms with Crippen molar-refractivity contribution in [2.24, 2.45) is 5.92 Å². The zero-order chi connectivity index (χ0) is 13.2. The van der Waals surface area contributed by atoms with Gasteiger partial charge in [0, 0.05) is 32.2 Å². The highest BCUT2D eigenvalue weighted by Crippen LogP contribution is 2.26. The molecule has 3 rings (SSSR count). The third kappa shape index (κ3) is 2.91.